The van der Waals surface area contributed by atoms with Gasteiger partial charge in [0, 0.05) is 20.0 Å². The molecule has 1 aromatic carbocycles. The van der Waals surface area contributed by atoms with Gasteiger partial charge in [-0.3, -0.25) is 9.80 Å². The summed E-state index contributed by atoms with van der Waals surface area (Å²) < 4.78 is 0. The number of hydrazine groups is 1. The van der Waals surface area contributed by atoms with Crippen LogP contribution >= 0.6 is 0 Å². The molecule has 0 spiro atoms. The molecule has 0 bridgehead atoms. The zero-order chi connectivity index (χ0) is 11.5. The van der Waals surface area contributed by atoms with Crippen LogP contribution < -0.4 is 0 Å². The van der Waals surface area contributed by atoms with Crippen molar-refractivity contribution in [2.45, 2.75) is 12.5 Å². The molecule has 0 radical (unpaired) electrons. The van der Waals surface area contributed by atoms with Gasteiger partial charge in [0.05, 0.1) is 12.6 Å². The Bertz CT molecular complexity index is 367. The quantitative estimate of drug-likeness (QED) is 0.819. The number of amides is 1. The highest BCUT2D eigenvalue weighted by Gasteiger charge is 2.35. The van der Waals surface area contributed by atoms with Crippen molar-refractivity contribution in [3.05, 3.63) is 35.9 Å². The first-order valence-corrected chi connectivity index (χ1v) is 5.43. The first kappa shape index (κ1) is 11.1. The largest absolute Gasteiger partial charge is 0.395 e. The van der Waals surface area contributed by atoms with Crippen LogP contribution in [0, 0.1) is 0 Å². The summed E-state index contributed by atoms with van der Waals surface area (Å²) in [6.07, 6.45) is 0.487. The number of aliphatic hydroxyl groups excluding tert-OH is 1. The fourth-order valence-corrected chi connectivity index (χ4v) is 2.13. The van der Waals surface area contributed by atoms with Crippen molar-refractivity contribution in [3.63, 3.8) is 0 Å². The molecule has 1 aromatic rings. The van der Waals surface area contributed by atoms with E-state index in [0.717, 1.165) is 5.56 Å². The fraction of sp³-hybridized carbons (Fsp3) is 0.417. The summed E-state index contributed by atoms with van der Waals surface area (Å²) >= 11 is 0. The van der Waals surface area contributed by atoms with Crippen molar-refractivity contribution < 1.29 is 9.90 Å². The van der Waals surface area contributed by atoms with E-state index in [0.29, 0.717) is 13.0 Å². The first-order chi connectivity index (χ1) is 7.74. The molecule has 1 atom stereocenters. The van der Waals surface area contributed by atoms with Crippen LogP contribution in [0.4, 0.5) is 0 Å². The van der Waals surface area contributed by atoms with Crippen LogP contribution in [0.25, 0.3) is 0 Å². The van der Waals surface area contributed by atoms with Gasteiger partial charge >= 0.3 is 0 Å². The van der Waals surface area contributed by atoms with E-state index in [4.69, 9.17) is 5.11 Å². The SMILES string of the molecule is CN1C(=O)CC(c2ccccc2)N1CCO. The van der Waals surface area contributed by atoms with Gasteiger partial charge in [0.1, 0.15) is 0 Å². The molecule has 1 heterocycles. The predicted octanol–water partition coefficient (Wildman–Crippen LogP) is 0.799. The zero-order valence-electron chi connectivity index (χ0n) is 9.34. The molecule has 1 fully saturated rings. The third-order valence-electron chi connectivity index (χ3n) is 2.99. The highest BCUT2D eigenvalue weighted by atomic mass is 16.3. The summed E-state index contributed by atoms with van der Waals surface area (Å²) in [7, 11) is 1.75. The van der Waals surface area contributed by atoms with E-state index in [-0.39, 0.29) is 18.6 Å². The molecule has 0 aliphatic carbocycles. The van der Waals surface area contributed by atoms with E-state index >= 15 is 0 Å². The molecule has 1 amide bonds. The maximum atomic E-state index is 11.6. The molecular weight excluding hydrogens is 204 g/mol. The lowest BCUT2D eigenvalue weighted by atomic mass is 10.0. The van der Waals surface area contributed by atoms with Gasteiger partial charge in [-0.05, 0) is 5.56 Å². The number of hydrogen-bond acceptors (Lipinski definition) is 3. The molecule has 1 saturated heterocycles. The van der Waals surface area contributed by atoms with Crippen LogP contribution in [0.5, 0.6) is 0 Å². The van der Waals surface area contributed by atoms with Gasteiger partial charge in [0.25, 0.3) is 0 Å². The molecule has 86 valence electrons. The van der Waals surface area contributed by atoms with Gasteiger partial charge < -0.3 is 5.11 Å². The Labute approximate surface area is 95.1 Å². The standard InChI is InChI=1S/C12H16N2O2/c1-13-12(16)9-11(14(13)7-8-15)10-5-3-2-4-6-10/h2-6,11,15H,7-9H2,1H3. The molecule has 4 nitrogen and oxygen atoms in total. The molecule has 0 saturated carbocycles. The van der Waals surface area contributed by atoms with Gasteiger partial charge in [0.2, 0.25) is 5.91 Å². The van der Waals surface area contributed by atoms with Crippen molar-refractivity contribution in [2.75, 3.05) is 20.2 Å². The van der Waals surface area contributed by atoms with Crippen LogP contribution in [-0.4, -0.2) is 41.2 Å². The van der Waals surface area contributed by atoms with Crippen molar-refractivity contribution in [3.8, 4) is 0 Å². The van der Waals surface area contributed by atoms with Crippen LogP contribution in [0.1, 0.15) is 18.0 Å². The molecule has 2 rings (SSSR count). The summed E-state index contributed by atoms with van der Waals surface area (Å²) in [5.74, 6) is 0.0994. The minimum absolute atomic E-state index is 0.0565. The number of benzene rings is 1. The summed E-state index contributed by atoms with van der Waals surface area (Å²) in [4.78, 5) is 11.6. The summed E-state index contributed by atoms with van der Waals surface area (Å²) in [6, 6.07) is 9.99. The second-order valence-corrected chi connectivity index (χ2v) is 3.93. The topological polar surface area (TPSA) is 43.8 Å². The molecule has 16 heavy (non-hydrogen) atoms. The second kappa shape index (κ2) is 4.63. The van der Waals surface area contributed by atoms with Crippen molar-refractivity contribution >= 4 is 5.91 Å². The lowest BCUT2D eigenvalue weighted by molar-refractivity contribution is -0.136. The molecular formula is C12H16N2O2. The summed E-state index contributed by atoms with van der Waals surface area (Å²) in [6.45, 7) is 0.544. The highest BCUT2D eigenvalue weighted by molar-refractivity contribution is 5.78. The van der Waals surface area contributed by atoms with Crippen LogP contribution in [0.2, 0.25) is 0 Å². The monoisotopic (exact) mass is 220 g/mol. The number of carbonyl (C=O) groups excluding carboxylic acids is 1. The lowest BCUT2D eigenvalue weighted by Crippen LogP contribution is -2.38. The van der Waals surface area contributed by atoms with E-state index in [9.17, 15) is 4.79 Å². The Hall–Kier alpha value is -1.39. The molecule has 1 unspecified atom stereocenters. The average molecular weight is 220 g/mol. The van der Waals surface area contributed by atoms with Gasteiger partial charge in [-0.25, -0.2) is 5.01 Å². The minimum Gasteiger partial charge on any atom is -0.395 e. The fourth-order valence-electron chi connectivity index (χ4n) is 2.13. The first-order valence-electron chi connectivity index (χ1n) is 5.43. The van der Waals surface area contributed by atoms with E-state index in [2.05, 4.69) is 0 Å². The molecule has 1 N–H and O–H groups in total. The van der Waals surface area contributed by atoms with Gasteiger partial charge in [0.15, 0.2) is 0 Å². The maximum absolute atomic E-state index is 11.6. The van der Waals surface area contributed by atoms with Crippen LogP contribution in [-0.2, 0) is 4.79 Å². The normalized spacial score (nSPS) is 21.8. The Morgan fingerprint density at radius 3 is 2.69 bits per heavy atom. The van der Waals surface area contributed by atoms with E-state index in [1.54, 1.807) is 12.1 Å². The Morgan fingerprint density at radius 1 is 1.38 bits per heavy atom. The van der Waals surface area contributed by atoms with E-state index in [1.165, 1.54) is 0 Å². The van der Waals surface area contributed by atoms with Crippen LogP contribution in [0.15, 0.2) is 30.3 Å². The lowest BCUT2D eigenvalue weighted by Gasteiger charge is -2.28. The third-order valence-corrected chi connectivity index (χ3v) is 2.99. The predicted molar refractivity (Wildman–Crippen MR) is 60.4 cm³/mol. The molecule has 1 aliphatic heterocycles. The highest BCUT2D eigenvalue weighted by Crippen LogP contribution is 2.31. The van der Waals surface area contributed by atoms with Crippen molar-refractivity contribution in [1.82, 2.24) is 10.0 Å². The molecule has 0 aromatic heterocycles. The number of rotatable bonds is 3. The molecule has 4 heteroatoms. The maximum Gasteiger partial charge on any atom is 0.238 e. The number of β-amino-alcohol motifs (C(OH)–C–C–N with tert-alkyl or cyclic N) is 1. The smallest absolute Gasteiger partial charge is 0.238 e. The van der Waals surface area contributed by atoms with Crippen molar-refractivity contribution in [1.29, 1.82) is 0 Å². The molecule has 1 aliphatic rings. The van der Waals surface area contributed by atoms with Gasteiger partial charge in [-0.1, -0.05) is 30.3 Å². The van der Waals surface area contributed by atoms with Crippen LogP contribution in [0.3, 0.4) is 0 Å². The summed E-state index contributed by atoms with van der Waals surface area (Å²) in [5.41, 5.74) is 1.12. The Balaban J connectivity index is 2.23. The minimum atomic E-state index is 0.0565. The third kappa shape index (κ3) is 1.94. The second-order valence-electron chi connectivity index (χ2n) is 3.93. The Kier molecular flexibility index (Phi) is 3.22. The van der Waals surface area contributed by atoms with Gasteiger partial charge in [-0.2, -0.15) is 0 Å². The van der Waals surface area contributed by atoms with E-state index in [1.807, 2.05) is 35.3 Å². The number of hydrogen-bond donors (Lipinski definition) is 1. The van der Waals surface area contributed by atoms with Crippen molar-refractivity contribution in [2.24, 2.45) is 0 Å². The Morgan fingerprint density at radius 2 is 2.06 bits per heavy atom. The van der Waals surface area contributed by atoms with Gasteiger partial charge in [-0.15, -0.1) is 0 Å². The number of aliphatic hydroxyl groups is 1. The number of nitrogens with zero attached hydrogens (tertiary/aromatic N) is 2. The van der Waals surface area contributed by atoms with E-state index < -0.39 is 0 Å². The zero-order valence-corrected chi connectivity index (χ0v) is 9.34. The summed E-state index contributed by atoms with van der Waals surface area (Å²) in [5, 5.41) is 12.5. The number of carbonyl (C=O) groups is 1. The average Bonchev–Trinajstić information content (AvgIpc) is 2.59.